The Kier molecular flexibility index (Phi) is 7.66. The number of ether oxygens (including phenoxy) is 5. The summed E-state index contributed by atoms with van der Waals surface area (Å²) in [7, 11) is 6.18. The summed E-state index contributed by atoms with van der Waals surface area (Å²) in [4.78, 5) is 12.4. The lowest BCUT2D eigenvalue weighted by molar-refractivity contribution is 0.102. The maximum absolute atomic E-state index is 12.4. The van der Waals surface area contributed by atoms with Gasteiger partial charge < -0.3 is 29.5 Å². The number of rotatable bonds is 11. The maximum Gasteiger partial charge on any atom is 0.337 e. The SMILES string of the molecule is COc1ccc(C(=O)CSc2nnc(OCc3cc(OC)c(OC)c(OC)c3)n2N)cc1. The number of hydrogen-bond acceptors (Lipinski definition) is 10. The molecule has 0 spiro atoms. The molecule has 0 aliphatic heterocycles. The molecule has 3 rings (SSSR count). The van der Waals surface area contributed by atoms with Crippen LogP contribution in [0.2, 0.25) is 0 Å². The van der Waals surface area contributed by atoms with Crippen LogP contribution in [0.4, 0.5) is 0 Å². The van der Waals surface area contributed by atoms with Crippen LogP contribution < -0.4 is 29.5 Å². The van der Waals surface area contributed by atoms with E-state index >= 15 is 0 Å². The van der Waals surface area contributed by atoms with E-state index in [0.717, 1.165) is 5.56 Å². The first-order valence-electron chi connectivity index (χ1n) is 9.43. The number of methoxy groups -OCH3 is 4. The normalized spacial score (nSPS) is 10.5. The summed E-state index contributed by atoms with van der Waals surface area (Å²) in [5.74, 6) is 8.30. The Bertz CT molecular complexity index is 1050. The molecule has 10 nitrogen and oxygen atoms in total. The van der Waals surface area contributed by atoms with Gasteiger partial charge in [0.15, 0.2) is 17.3 Å². The molecule has 3 aromatic rings. The Balaban J connectivity index is 1.63. The molecule has 32 heavy (non-hydrogen) atoms. The third kappa shape index (κ3) is 5.17. The van der Waals surface area contributed by atoms with Crippen molar-refractivity contribution in [3.05, 3.63) is 47.5 Å². The lowest BCUT2D eigenvalue weighted by Gasteiger charge is -2.14. The van der Waals surface area contributed by atoms with Crippen LogP contribution in [0.5, 0.6) is 29.0 Å². The molecule has 0 aliphatic carbocycles. The first kappa shape index (κ1) is 23.1. The molecule has 1 aromatic heterocycles. The van der Waals surface area contributed by atoms with E-state index in [1.54, 1.807) is 43.5 Å². The Morgan fingerprint density at radius 1 is 0.969 bits per heavy atom. The minimum Gasteiger partial charge on any atom is -0.497 e. The van der Waals surface area contributed by atoms with Crippen molar-refractivity contribution in [2.24, 2.45) is 0 Å². The molecule has 0 bridgehead atoms. The molecule has 11 heteroatoms. The fourth-order valence-corrected chi connectivity index (χ4v) is 3.56. The van der Waals surface area contributed by atoms with Crippen molar-refractivity contribution in [3.63, 3.8) is 0 Å². The molecule has 0 saturated carbocycles. The lowest BCUT2D eigenvalue weighted by atomic mass is 10.1. The molecule has 2 N–H and O–H groups in total. The van der Waals surface area contributed by atoms with Crippen molar-refractivity contribution >= 4 is 17.5 Å². The highest BCUT2D eigenvalue weighted by atomic mass is 32.2. The highest BCUT2D eigenvalue weighted by Crippen LogP contribution is 2.38. The van der Waals surface area contributed by atoms with Crippen LogP contribution >= 0.6 is 11.8 Å². The van der Waals surface area contributed by atoms with Gasteiger partial charge in [-0.1, -0.05) is 16.9 Å². The predicted molar refractivity (Wildman–Crippen MR) is 119 cm³/mol. The van der Waals surface area contributed by atoms with Crippen molar-refractivity contribution < 1.29 is 28.5 Å². The third-order valence-electron chi connectivity index (χ3n) is 4.47. The van der Waals surface area contributed by atoms with E-state index in [2.05, 4.69) is 10.2 Å². The predicted octanol–water partition coefficient (Wildman–Crippen LogP) is 2.58. The number of benzene rings is 2. The summed E-state index contributed by atoms with van der Waals surface area (Å²) < 4.78 is 28.0. The number of nitrogens with two attached hydrogens (primary N) is 1. The fraction of sp³-hybridized carbons (Fsp3) is 0.286. The van der Waals surface area contributed by atoms with Gasteiger partial charge in [0.25, 0.3) is 0 Å². The van der Waals surface area contributed by atoms with Crippen LogP contribution in [0.3, 0.4) is 0 Å². The second-order valence-electron chi connectivity index (χ2n) is 6.40. The molecule has 0 radical (unpaired) electrons. The molecule has 0 unspecified atom stereocenters. The van der Waals surface area contributed by atoms with Gasteiger partial charge in [0.1, 0.15) is 12.4 Å². The van der Waals surface area contributed by atoms with Crippen LogP contribution in [-0.4, -0.2) is 54.8 Å². The van der Waals surface area contributed by atoms with Crippen molar-refractivity contribution in [2.45, 2.75) is 11.8 Å². The van der Waals surface area contributed by atoms with Crippen LogP contribution in [0.25, 0.3) is 0 Å². The smallest absolute Gasteiger partial charge is 0.337 e. The summed E-state index contributed by atoms with van der Waals surface area (Å²) in [6, 6.07) is 10.5. The number of hydrogen-bond donors (Lipinski definition) is 1. The molecule has 1 heterocycles. The van der Waals surface area contributed by atoms with Gasteiger partial charge in [-0.2, -0.15) is 4.68 Å². The molecule has 0 aliphatic rings. The summed E-state index contributed by atoms with van der Waals surface area (Å²) in [5.41, 5.74) is 1.33. The zero-order chi connectivity index (χ0) is 23.1. The highest BCUT2D eigenvalue weighted by Gasteiger charge is 2.17. The van der Waals surface area contributed by atoms with Crippen molar-refractivity contribution in [1.82, 2.24) is 14.9 Å². The maximum atomic E-state index is 12.4. The van der Waals surface area contributed by atoms with E-state index in [0.29, 0.717) is 33.7 Å². The first-order chi connectivity index (χ1) is 15.5. The fourth-order valence-electron chi connectivity index (χ4n) is 2.82. The number of nitrogen functional groups attached to an aromatic ring is 1. The molecular formula is C21H24N4O6S. The number of thioether (sulfide) groups is 1. The Hall–Kier alpha value is -3.60. The van der Waals surface area contributed by atoms with Crippen LogP contribution in [-0.2, 0) is 6.61 Å². The minimum atomic E-state index is -0.0689. The quantitative estimate of drug-likeness (QED) is 0.260. The number of aromatic nitrogens is 3. The average molecular weight is 461 g/mol. The lowest BCUT2D eigenvalue weighted by Crippen LogP contribution is -2.14. The van der Waals surface area contributed by atoms with Crippen LogP contribution in [0, 0.1) is 0 Å². The Morgan fingerprint density at radius 2 is 1.62 bits per heavy atom. The number of carbonyl (C=O) groups is 1. The van der Waals surface area contributed by atoms with Crippen molar-refractivity contribution in [1.29, 1.82) is 0 Å². The highest BCUT2D eigenvalue weighted by molar-refractivity contribution is 7.99. The standard InChI is InChI=1S/C21H24N4O6S/c1-27-15-7-5-14(6-8-15)16(26)12-32-21-24-23-20(25(21)22)31-11-13-9-17(28-2)19(30-4)18(10-13)29-3/h5-10H,11-12,22H2,1-4H3. The van der Waals surface area contributed by atoms with Gasteiger partial charge in [0.05, 0.1) is 34.2 Å². The van der Waals surface area contributed by atoms with E-state index in [1.807, 2.05) is 0 Å². The second kappa shape index (κ2) is 10.6. The summed E-state index contributed by atoms with van der Waals surface area (Å²) in [6.07, 6.45) is 0. The summed E-state index contributed by atoms with van der Waals surface area (Å²) >= 11 is 1.17. The zero-order valence-electron chi connectivity index (χ0n) is 18.2. The number of Topliss-reactive ketones (excluding diaryl/α,β-unsaturated/α-hetero) is 1. The number of ketones is 1. The van der Waals surface area contributed by atoms with Crippen molar-refractivity contribution in [2.75, 3.05) is 40.0 Å². The van der Waals surface area contributed by atoms with Crippen LogP contribution in [0.1, 0.15) is 15.9 Å². The second-order valence-corrected chi connectivity index (χ2v) is 7.34. The van der Waals surface area contributed by atoms with Crippen molar-refractivity contribution in [3.8, 4) is 29.0 Å². The van der Waals surface area contributed by atoms with E-state index < -0.39 is 0 Å². The molecule has 2 aromatic carbocycles. The Morgan fingerprint density at radius 3 is 2.19 bits per heavy atom. The first-order valence-corrected chi connectivity index (χ1v) is 10.4. The average Bonchev–Trinajstić information content (AvgIpc) is 3.19. The molecule has 0 fully saturated rings. The van der Waals surface area contributed by atoms with E-state index in [4.69, 9.17) is 29.5 Å². The van der Waals surface area contributed by atoms with Gasteiger partial charge in [-0.05, 0) is 42.0 Å². The number of carbonyl (C=O) groups excluding carboxylic acids is 1. The van der Waals surface area contributed by atoms with Gasteiger partial charge >= 0.3 is 6.01 Å². The molecule has 0 saturated heterocycles. The van der Waals surface area contributed by atoms with Gasteiger partial charge in [-0.3, -0.25) is 4.79 Å². The van der Waals surface area contributed by atoms with Gasteiger partial charge in [-0.15, -0.1) is 5.10 Å². The molecular weight excluding hydrogens is 436 g/mol. The Labute approximate surface area is 189 Å². The van der Waals surface area contributed by atoms with Gasteiger partial charge in [0.2, 0.25) is 10.9 Å². The third-order valence-corrected chi connectivity index (χ3v) is 5.41. The van der Waals surface area contributed by atoms with Gasteiger partial charge in [0, 0.05) is 5.56 Å². The number of nitrogens with zero attached hydrogens (tertiary/aromatic N) is 3. The topological polar surface area (TPSA) is 120 Å². The summed E-state index contributed by atoms with van der Waals surface area (Å²) in [6.45, 7) is 0.140. The monoisotopic (exact) mass is 460 g/mol. The minimum absolute atomic E-state index is 0.0689. The van der Waals surface area contributed by atoms with E-state index in [1.165, 1.54) is 37.8 Å². The van der Waals surface area contributed by atoms with E-state index in [9.17, 15) is 4.79 Å². The van der Waals surface area contributed by atoms with E-state index in [-0.39, 0.29) is 24.2 Å². The van der Waals surface area contributed by atoms with Gasteiger partial charge in [-0.25, -0.2) is 0 Å². The largest absolute Gasteiger partial charge is 0.497 e. The zero-order valence-corrected chi connectivity index (χ0v) is 19.0. The van der Waals surface area contributed by atoms with Crippen LogP contribution in [0.15, 0.2) is 41.6 Å². The molecule has 0 atom stereocenters. The molecule has 0 amide bonds. The molecule has 170 valence electrons. The summed E-state index contributed by atoms with van der Waals surface area (Å²) in [5, 5.41) is 8.31.